The van der Waals surface area contributed by atoms with E-state index in [0.717, 1.165) is 6.20 Å². The number of carbonyl (C=O) groups is 2. The van der Waals surface area contributed by atoms with E-state index in [2.05, 4.69) is 20.0 Å². The molecule has 1 heterocycles. The molecule has 0 spiro atoms. The van der Waals surface area contributed by atoms with Gasteiger partial charge in [-0.05, 0) is 31.2 Å². The van der Waals surface area contributed by atoms with Crippen molar-refractivity contribution in [3.63, 3.8) is 0 Å². The number of amides is 1. The summed E-state index contributed by atoms with van der Waals surface area (Å²) in [5.74, 6) is -1.70. The van der Waals surface area contributed by atoms with Crippen molar-refractivity contribution < 1.29 is 23.1 Å². The third kappa shape index (κ3) is 4.04. The summed E-state index contributed by atoms with van der Waals surface area (Å²) in [6.07, 6.45) is 1.03. The number of carboxylic acid groups (broad SMARTS) is 1. The number of aromatic carboxylic acids is 1. The van der Waals surface area contributed by atoms with Gasteiger partial charge in [-0.25, -0.2) is 27.9 Å². The molecule has 1 amide bonds. The average molecular weight is 350 g/mol. The first-order chi connectivity index (χ1) is 11.2. The summed E-state index contributed by atoms with van der Waals surface area (Å²) >= 11 is 0. The Bertz CT molecular complexity index is 894. The van der Waals surface area contributed by atoms with E-state index in [0.29, 0.717) is 5.69 Å². The number of sulfonamides is 1. The second kappa shape index (κ2) is 6.62. The van der Waals surface area contributed by atoms with Gasteiger partial charge in [0.2, 0.25) is 11.9 Å². The highest BCUT2D eigenvalue weighted by atomic mass is 32.2. The summed E-state index contributed by atoms with van der Waals surface area (Å²) in [4.78, 5) is 29.3. The molecule has 3 N–H and O–H groups in total. The van der Waals surface area contributed by atoms with Gasteiger partial charge >= 0.3 is 5.97 Å². The average Bonchev–Trinajstić information content (AvgIpc) is 2.46. The smallest absolute Gasteiger partial charge is 0.339 e. The van der Waals surface area contributed by atoms with Crippen molar-refractivity contribution in [3.8, 4) is 0 Å². The Labute approximate surface area is 137 Å². The van der Waals surface area contributed by atoms with Crippen LogP contribution in [-0.4, -0.2) is 35.4 Å². The van der Waals surface area contributed by atoms with Gasteiger partial charge in [-0.1, -0.05) is 0 Å². The van der Waals surface area contributed by atoms with Gasteiger partial charge in [0, 0.05) is 18.8 Å². The van der Waals surface area contributed by atoms with Crippen LogP contribution in [0.25, 0.3) is 0 Å². The van der Waals surface area contributed by atoms with Gasteiger partial charge in [0.05, 0.1) is 16.2 Å². The maximum atomic E-state index is 12.3. The minimum absolute atomic E-state index is 0.0554. The zero-order valence-electron chi connectivity index (χ0n) is 12.8. The molecule has 2 rings (SSSR count). The highest BCUT2D eigenvalue weighted by Gasteiger charge is 2.17. The number of hydrogen-bond donors (Lipinski definition) is 3. The van der Waals surface area contributed by atoms with E-state index in [9.17, 15) is 18.0 Å². The molecule has 0 saturated carbocycles. The summed E-state index contributed by atoms with van der Waals surface area (Å²) in [7, 11) is -3.94. The third-order valence-corrected chi connectivity index (χ3v) is 4.26. The van der Waals surface area contributed by atoms with Crippen molar-refractivity contribution in [3.05, 3.63) is 41.7 Å². The van der Waals surface area contributed by atoms with E-state index in [1.807, 2.05) is 0 Å². The lowest BCUT2D eigenvalue weighted by molar-refractivity contribution is -0.114. The summed E-state index contributed by atoms with van der Waals surface area (Å²) < 4.78 is 26.7. The first-order valence-electron chi connectivity index (χ1n) is 6.66. The Balaban J connectivity index is 2.23. The molecule has 0 bridgehead atoms. The first kappa shape index (κ1) is 17.3. The van der Waals surface area contributed by atoms with Crippen LogP contribution in [-0.2, 0) is 14.8 Å². The van der Waals surface area contributed by atoms with Gasteiger partial charge in [-0.15, -0.1) is 0 Å². The summed E-state index contributed by atoms with van der Waals surface area (Å²) in [6, 6.07) is 5.50. The molecule has 0 aliphatic carbocycles. The van der Waals surface area contributed by atoms with Crippen LogP contribution >= 0.6 is 0 Å². The minimum Gasteiger partial charge on any atom is -0.478 e. The molecule has 0 unspecified atom stereocenters. The van der Waals surface area contributed by atoms with Crippen LogP contribution < -0.4 is 10.0 Å². The summed E-state index contributed by atoms with van der Waals surface area (Å²) in [6.45, 7) is 2.78. The number of benzene rings is 1. The molecule has 1 aromatic heterocycles. The topological polar surface area (TPSA) is 138 Å². The van der Waals surface area contributed by atoms with Crippen LogP contribution in [0, 0.1) is 6.92 Å². The molecule has 0 fully saturated rings. The Morgan fingerprint density at radius 3 is 2.29 bits per heavy atom. The minimum atomic E-state index is -3.94. The molecule has 2 aromatic rings. The van der Waals surface area contributed by atoms with E-state index < -0.39 is 16.0 Å². The lowest BCUT2D eigenvalue weighted by atomic mass is 10.2. The van der Waals surface area contributed by atoms with Crippen LogP contribution in [0.2, 0.25) is 0 Å². The van der Waals surface area contributed by atoms with Crippen molar-refractivity contribution in [2.24, 2.45) is 0 Å². The molecule has 0 aliphatic rings. The van der Waals surface area contributed by atoms with Crippen molar-refractivity contribution in [1.82, 2.24) is 9.97 Å². The molecular formula is C14H14N4O5S. The van der Waals surface area contributed by atoms with Crippen LogP contribution in [0.3, 0.4) is 0 Å². The van der Waals surface area contributed by atoms with Crippen LogP contribution in [0.1, 0.15) is 23.0 Å². The fourth-order valence-corrected chi connectivity index (χ4v) is 2.78. The number of aryl methyl sites for hydroxylation is 1. The number of aromatic nitrogens is 2. The molecular weight excluding hydrogens is 336 g/mol. The predicted octanol–water partition coefficient (Wildman–Crippen LogP) is 1.24. The zero-order chi connectivity index (χ0) is 17.9. The van der Waals surface area contributed by atoms with Gasteiger partial charge in [0.1, 0.15) is 0 Å². The first-order valence-corrected chi connectivity index (χ1v) is 8.15. The van der Waals surface area contributed by atoms with E-state index in [1.54, 1.807) is 0 Å². The standard InChI is InChI=1S/C14H14N4O5S/c1-8-12(13(20)21)7-15-14(16-8)18-24(22,23)11-5-3-10(4-6-11)17-9(2)19/h3-7H,1-2H3,(H,17,19)(H,20,21)(H,15,16,18). The zero-order valence-corrected chi connectivity index (χ0v) is 13.6. The molecule has 24 heavy (non-hydrogen) atoms. The number of rotatable bonds is 5. The lowest BCUT2D eigenvalue weighted by Gasteiger charge is -2.09. The molecule has 10 heteroatoms. The molecule has 9 nitrogen and oxygen atoms in total. The number of hydrogen-bond acceptors (Lipinski definition) is 6. The molecule has 1 aromatic carbocycles. The monoisotopic (exact) mass is 350 g/mol. The second-order valence-corrected chi connectivity index (χ2v) is 6.49. The molecule has 126 valence electrons. The quantitative estimate of drug-likeness (QED) is 0.737. The maximum Gasteiger partial charge on any atom is 0.339 e. The highest BCUT2D eigenvalue weighted by molar-refractivity contribution is 7.92. The van der Waals surface area contributed by atoms with Crippen molar-refractivity contribution >= 4 is 33.5 Å². The van der Waals surface area contributed by atoms with Gasteiger partial charge in [0.25, 0.3) is 10.0 Å². The van der Waals surface area contributed by atoms with E-state index in [-0.39, 0.29) is 28.0 Å². The van der Waals surface area contributed by atoms with E-state index in [4.69, 9.17) is 5.11 Å². The highest BCUT2D eigenvalue weighted by Crippen LogP contribution is 2.17. The normalized spacial score (nSPS) is 10.9. The van der Waals surface area contributed by atoms with Crippen LogP contribution in [0.4, 0.5) is 11.6 Å². The fraction of sp³-hybridized carbons (Fsp3) is 0.143. The lowest BCUT2D eigenvalue weighted by Crippen LogP contribution is -2.16. The summed E-state index contributed by atoms with van der Waals surface area (Å²) in [5.41, 5.74) is 0.480. The second-order valence-electron chi connectivity index (χ2n) is 4.81. The predicted molar refractivity (Wildman–Crippen MR) is 85.3 cm³/mol. The number of carbonyl (C=O) groups excluding carboxylic acids is 1. The molecule has 0 atom stereocenters. The van der Waals surface area contributed by atoms with Crippen molar-refractivity contribution in [1.29, 1.82) is 0 Å². The third-order valence-electron chi connectivity index (χ3n) is 2.92. The molecule has 0 radical (unpaired) electrons. The van der Waals surface area contributed by atoms with Gasteiger partial charge in [-0.3, -0.25) is 4.79 Å². The Kier molecular flexibility index (Phi) is 4.79. The molecule has 0 aliphatic heterocycles. The largest absolute Gasteiger partial charge is 0.478 e. The van der Waals surface area contributed by atoms with Crippen LogP contribution in [0.15, 0.2) is 35.4 Å². The Morgan fingerprint density at radius 2 is 1.79 bits per heavy atom. The number of nitrogens with one attached hydrogen (secondary N) is 2. The fourth-order valence-electron chi connectivity index (χ4n) is 1.83. The van der Waals surface area contributed by atoms with Gasteiger partial charge < -0.3 is 10.4 Å². The molecule has 0 saturated heterocycles. The van der Waals surface area contributed by atoms with Crippen LogP contribution in [0.5, 0.6) is 0 Å². The van der Waals surface area contributed by atoms with Gasteiger partial charge in [-0.2, -0.15) is 0 Å². The van der Waals surface area contributed by atoms with E-state index in [1.165, 1.54) is 38.1 Å². The summed E-state index contributed by atoms with van der Waals surface area (Å²) in [5, 5.41) is 11.4. The van der Waals surface area contributed by atoms with Crippen molar-refractivity contribution in [2.45, 2.75) is 18.7 Å². The Morgan fingerprint density at radius 1 is 1.17 bits per heavy atom. The van der Waals surface area contributed by atoms with E-state index >= 15 is 0 Å². The number of carboxylic acids is 1. The maximum absolute atomic E-state index is 12.3. The number of anilines is 2. The Hall–Kier alpha value is -3.01. The van der Waals surface area contributed by atoms with Gasteiger partial charge in [0.15, 0.2) is 0 Å². The van der Waals surface area contributed by atoms with Crippen molar-refractivity contribution in [2.75, 3.05) is 10.0 Å². The SMILES string of the molecule is CC(=O)Nc1ccc(S(=O)(=O)Nc2ncc(C(=O)O)c(C)n2)cc1. The number of nitrogens with zero attached hydrogens (tertiary/aromatic N) is 2.